The first-order valence-corrected chi connectivity index (χ1v) is 20.5. The summed E-state index contributed by atoms with van der Waals surface area (Å²) in [4.78, 5) is 3.62. The van der Waals surface area contributed by atoms with Gasteiger partial charge >= 0.3 is 0 Å². The van der Waals surface area contributed by atoms with E-state index in [4.69, 9.17) is 0 Å². The molecule has 54 heavy (non-hydrogen) atoms. The molecule has 3 aliphatic rings. The van der Waals surface area contributed by atoms with Crippen molar-refractivity contribution in [1.82, 2.24) is 4.58 Å². The third kappa shape index (κ3) is 6.45. The van der Waals surface area contributed by atoms with Crippen molar-refractivity contribution in [2.45, 2.75) is 61.2 Å². The fourth-order valence-electron chi connectivity index (χ4n) is 8.19. The first-order valence-electron chi connectivity index (χ1n) is 17.7. The Morgan fingerprint density at radius 3 is 1.30 bits per heavy atom. The van der Waals surface area contributed by atoms with Crippen LogP contribution < -0.4 is 14.4 Å². The molecule has 0 amide bonds. The monoisotopic (exact) mass is 760 g/mol. The summed E-state index contributed by atoms with van der Waals surface area (Å²) in [5.74, 6) is 0. The molecule has 0 spiro atoms. The second-order valence-electron chi connectivity index (χ2n) is 15.0. The number of fused-ring (bicyclic) bond motifs is 2. The summed E-state index contributed by atoms with van der Waals surface area (Å²) >= 11 is 0. The molecule has 1 fully saturated rings. The molecule has 0 radical (unpaired) electrons. The maximum Gasteiger partial charge on any atom is 0.218 e. The Morgan fingerprint density at radius 1 is 0.574 bits per heavy atom. The molecule has 0 atom stereocenters. The van der Waals surface area contributed by atoms with Crippen LogP contribution in [-0.4, -0.2) is 45.7 Å². The molecule has 0 unspecified atom stereocenters. The van der Waals surface area contributed by atoms with Gasteiger partial charge in [-0.05, 0) is 72.5 Å². The highest BCUT2D eigenvalue weighted by atomic mass is 32.2. The number of rotatable bonds is 6. The number of nitrogens with zero attached hydrogens (tertiary/aromatic N) is 3. The van der Waals surface area contributed by atoms with Gasteiger partial charge in [0.1, 0.15) is 20.2 Å². The number of benzene rings is 4. The summed E-state index contributed by atoms with van der Waals surface area (Å²) < 4.78 is 73.8. The zero-order valence-corrected chi connectivity index (χ0v) is 32.7. The van der Waals surface area contributed by atoms with Crippen LogP contribution in [0.4, 0.5) is 22.7 Å². The van der Waals surface area contributed by atoms with Crippen LogP contribution in [0.1, 0.15) is 51.7 Å². The molecule has 1 saturated carbocycles. The highest BCUT2D eigenvalue weighted by molar-refractivity contribution is 7.86. The van der Waals surface area contributed by atoms with Gasteiger partial charge in [-0.1, -0.05) is 76.2 Å². The maximum atomic E-state index is 11.9. The fraction of sp³-hybridized carbons (Fsp3) is 0.233. The van der Waals surface area contributed by atoms with Crippen molar-refractivity contribution in [3.63, 3.8) is 0 Å². The van der Waals surface area contributed by atoms with Gasteiger partial charge in [-0.15, -0.1) is 0 Å². The molecule has 2 aliphatic heterocycles. The number of hydrogen-bond donors (Lipinski definition) is 0. The van der Waals surface area contributed by atoms with Gasteiger partial charge in [-0.2, -0.15) is 4.58 Å². The predicted octanol–water partition coefficient (Wildman–Crippen LogP) is 8.04. The van der Waals surface area contributed by atoms with Gasteiger partial charge in [0.25, 0.3) is 0 Å². The van der Waals surface area contributed by atoms with Gasteiger partial charge in [-0.25, -0.2) is 16.8 Å². The van der Waals surface area contributed by atoms with Crippen LogP contribution in [0.15, 0.2) is 154 Å². The number of hydrogen-bond acceptors (Lipinski definition) is 8. The minimum Gasteiger partial charge on any atom is -0.744 e. The molecule has 278 valence electrons. The lowest BCUT2D eigenvalue weighted by Gasteiger charge is -2.24. The number of anilines is 2. The Bertz CT molecular complexity index is 2390. The molecule has 1 aliphatic carbocycles. The van der Waals surface area contributed by atoms with Crippen molar-refractivity contribution in [2.24, 2.45) is 0 Å². The zero-order valence-electron chi connectivity index (χ0n) is 31.1. The van der Waals surface area contributed by atoms with Crippen LogP contribution in [0.3, 0.4) is 0 Å². The SMILES string of the molecule is CN1/C(=C/C=C2\CC/C(=C\C=C3\N(C)c4ccc(S(=O)(=O)[O-])cc4C3(C)C)C2=[N+](c2ccccc2)c2ccccc2)C(C)(C)c2cc(S(=O)(=O)[O-])ccc21. The average molecular weight is 761 g/mol. The van der Waals surface area contributed by atoms with Crippen LogP contribution in [-0.2, 0) is 31.1 Å². The van der Waals surface area contributed by atoms with Crippen molar-refractivity contribution >= 4 is 48.7 Å². The minimum absolute atomic E-state index is 0.242. The first-order chi connectivity index (χ1) is 25.4. The van der Waals surface area contributed by atoms with E-state index in [2.05, 4.69) is 62.9 Å². The van der Waals surface area contributed by atoms with Gasteiger partial charge in [0, 0.05) is 83.1 Å². The molecule has 11 heteroatoms. The van der Waals surface area contributed by atoms with Crippen LogP contribution >= 0.6 is 0 Å². The van der Waals surface area contributed by atoms with Gasteiger partial charge in [-0.3, -0.25) is 0 Å². The second kappa shape index (κ2) is 13.3. The molecule has 0 N–H and O–H groups in total. The quantitative estimate of drug-likeness (QED) is 0.143. The summed E-state index contributed by atoms with van der Waals surface area (Å²) in [6.07, 6.45) is 10.0. The Morgan fingerprint density at radius 2 is 0.944 bits per heavy atom. The number of allylic oxidation sites excluding steroid dienone is 8. The standard InChI is InChI=1S/C43H43N3O6S2/c1-42(2)35-27-33(53(47,48)49)21-23-37(35)44(5)39(42)25-19-29-17-18-30(41(29)46(31-13-9-7-10-14-31)32-15-11-8-12-16-32)20-26-40-43(3,4)36-28-34(54(50,51)52)22-24-38(36)45(40)6/h7-16,19-28H,17-18H2,1-6H3,(H-,47,48,49,50,51,52)/p-1. The van der Waals surface area contributed by atoms with Gasteiger partial charge in [0.15, 0.2) is 0 Å². The zero-order chi connectivity index (χ0) is 38.8. The van der Waals surface area contributed by atoms with E-state index in [1.807, 2.05) is 78.2 Å². The minimum atomic E-state index is -4.62. The van der Waals surface area contributed by atoms with Crippen molar-refractivity contribution in [3.8, 4) is 0 Å². The van der Waals surface area contributed by atoms with E-state index in [9.17, 15) is 25.9 Å². The third-order valence-corrected chi connectivity index (χ3v) is 12.7. The topological polar surface area (TPSA) is 124 Å². The van der Waals surface area contributed by atoms with E-state index < -0.39 is 31.1 Å². The van der Waals surface area contributed by atoms with Crippen LogP contribution in [0.2, 0.25) is 0 Å². The van der Waals surface area contributed by atoms with E-state index in [0.29, 0.717) is 0 Å². The summed E-state index contributed by atoms with van der Waals surface area (Å²) in [5, 5.41) is 0. The van der Waals surface area contributed by atoms with E-state index in [-0.39, 0.29) is 9.79 Å². The highest BCUT2D eigenvalue weighted by Crippen LogP contribution is 2.49. The number of likely N-dealkylation sites (N-methyl/N-ethyl adjacent to an activating group) is 2. The lowest BCUT2D eigenvalue weighted by atomic mass is 9.83. The van der Waals surface area contributed by atoms with Crippen LogP contribution in [0.5, 0.6) is 0 Å². The molecule has 0 bridgehead atoms. The predicted molar refractivity (Wildman–Crippen MR) is 213 cm³/mol. The first kappa shape index (κ1) is 37.3. The number of para-hydroxylation sites is 2. The van der Waals surface area contributed by atoms with E-state index >= 15 is 0 Å². The average Bonchev–Trinajstić information content (AvgIpc) is 3.67. The van der Waals surface area contributed by atoms with Gasteiger partial charge < -0.3 is 18.9 Å². The molecule has 4 aromatic rings. The molecule has 0 aromatic heterocycles. The highest BCUT2D eigenvalue weighted by Gasteiger charge is 2.41. The molecule has 7 rings (SSSR count). The Kier molecular flexibility index (Phi) is 9.21. The summed E-state index contributed by atoms with van der Waals surface area (Å²) in [6, 6.07) is 29.5. The van der Waals surface area contributed by atoms with Crippen molar-refractivity contribution in [3.05, 3.63) is 155 Å². The Labute approximate surface area is 318 Å². The summed E-state index contributed by atoms with van der Waals surface area (Å²) in [5.41, 5.74) is 9.23. The second-order valence-corrected chi connectivity index (χ2v) is 17.7. The fourth-order valence-corrected chi connectivity index (χ4v) is 9.18. The lowest BCUT2D eigenvalue weighted by molar-refractivity contribution is 0.460. The lowest BCUT2D eigenvalue weighted by Crippen LogP contribution is -2.23. The maximum absolute atomic E-state index is 11.9. The largest absolute Gasteiger partial charge is 0.744 e. The van der Waals surface area contributed by atoms with Crippen molar-refractivity contribution in [2.75, 3.05) is 23.9 Å². The van der Waals surface area contributed by atoms with Crippen molar-refractivity contribution < 1.29 is 25.9 Å². The molecule has 0 saturated heterocycles. The van der Waals surface area contributed by atoms with Crippen LogP contribution in [0.25, 0.3) is 0 Å². The van der Waals surface area contributed by atoms with Gasteiger partial charge in [0.05, 0.1) is 9.79 Å². The normalized spacial score (nSPS) is 20.7. The third-order valence-electron chi connectivity index (χ3n) is 11.0. The summed E-state index contributed by atoms with van der Waals surface area (Å²) in [6.45, 7) is 8.13. The molecular formula is C43H42N3O6S2-. The Balaban J connectivity index is 1.39. The smallest absolute Gasteiger partial charge is 0.218 e. The van der Waals surface area contributed by atoms with Crippen molar-refractivity contribution in [1.29, 1.82) is 0 Å². The Hall–Kier alpha value is -5.07. The molecule has 9 nitrogen and oxygen atoms in total. The van der Waals surface area contributed by atoms with E-state index in [1.54, 1.807) is 12.1 Å². The van der Waals surface area contributed by atoms with Gasteiger partial charge in [0.2, 0.25) is 17.1 Å². The molecular weight excluding hydrogens is 719 g/mol. The van der Waals surface area contributed by atoms with E-state index in [1.165, 1.54) is 24.3 Å². The molecule has 2 heterocycles. The molecule has 4 aromatic carbocycles. The van der Waals surface area contributed by atoms with Crippen LogP contribution in [0, 0.1) is 0 Å². The summed E-state index contributed by atoms with van der Waals surface area (Å²) in [7, 11) is -5.33. The van der Waals surface area contributed by atoms with E-state index in [0.717, 1.165) is 75.0 Å².